The fourth-order valence-electron chi connectivity index (χ4n) is 2.00. The molecule has 1 aromatic heterocycles. The number of unbranched alkanes of at least 4 members (excludes halogenated alkanes) is 1. The number of benzene rings is 1. The second-order valence-corrected chi connectivity index (χ2v) is 4.99. The van der Waals surface area contributed by atoms with E-state index in [2.05, 4.69) is 20.1 Å². The van der Waals surface area contributed by atoms with E-state index in [1.807, 2.05) is 0 Å². The van der Waals surface area contributed by atoms with Gasteiger partial charge in [-0.2, -0.15) is 18.3 Å². The van der Waals surface area contributed by atoms with Gasteiger partial charge in [-0.3, -0.25) is 9.48 Å². The normalized spacial score (nSPS) is 11.1. The van der Waals surface area contributed by atoms with Crippen molar-refractivity contribution in [2.45, 2.75) is 32.0 Å². The number of aromatic nitrogens is 3. The van der Waals surface area contributed by atoms with Crippen molar-refractivity contribution in [2.75, 3.05) is 0 Å². The lowest BCUT2D eigenvalue weighted by Crippen LogP contribution is -2.07. The van der Waals surface area contributed by atoms with E-state index in [-0.39, 0.29) is 12.0 Å². The summed E-state index contributed by atoms with van der Waals surface area (Å²) in [6.45, 7) is 0.351. The summed E-state index contributed by atoms with van der Waals surface area (Å²) in [5, 5.41) is 7.29. The van der Waals surface area contributed by atoms with Crippen molar-refractivity contribution in [1.82, 2.24) is 19.7 Å². The Labute approximate surface area is 134 Å². The first-order valence-corrected chi connectivity index (χ1v) is 7.07. The molecule has 0 saturated heterocycles. The summed E-state index contributed by atoms with van der Waals surface area (Å²) in [7, 11) is 0. The van der Waals surface area contributed by atoms with Gasteiger partial charge in [0.15, 0.2) is 5.82 Å². The van der Waals surface area contributed by atoms with Gasteiger partial charge in [-0.25, -0.2) is 4.98 Å². The summed E-state index contributed by atoms with van der Waals surface area (Å²) in [6.07, 6.45) is -3.09. The molecule has 0 fully saturated rings. The van der Waals surface area contributed by atoms with Crippen molar-refractivity contribution in [2.24, 2.45) is 5.11 Å². The first kappa shape index (κ1) is 17.5. The fraction of sp³-hybridized carbons (Fsp3) is 0.357. The van der Waals surface area contributed by atoms with Gasteiger partial charge in [0.25, 0.3) is 0 Å². The van der Waals surface area contributed by atoms with E-state index < -0.39 is 18.5 Å². The van der Waals surface area contributed by atoms with E-state index in [0.717, 1.165) is 0 Å². The molecule has 7 nitrogen and oxygen atoms in total. The Morgan fingerprint density at radius 1 is 1.25 bits per heavy atom. The molecule has 1 amide bonds. The van der Waals surface area contributed by atoms with Crippen LogP contribution in [-0.2, 0) is 6.54 Å². The third-order valence-corrected chi connectivity index (χ3v) is 3.16. The molecule has 0 aliphatic carbocycles. The van der Waals surface area contributed by atoms with Crippen LogP contribution in [0.1, 0.15) is 29.6 Å². The van der Waals surface area contributed by atoms with E-state index in [0.29, 0.717) is 24.4 Å². The zero-order valence-electron chi connectivity index (χ0n) is 12.5. The van der Waals surface area contributed by atoms with Gasteiger partial charge >= 0.3 is 12.1 Å². The number of hydrogen-bond donors (Lipinski definition) is 1. The number of amides is 1. The number of rotatable bonds is 6. The zero-order valence-corrected chi connectivity index (χ0v) is 12.5. The number of carbonyl (C=O) groups excluding carboxylic acids is 1. The quantitative estimate of drug-likeness (QED) is 0.496. The van der Waals surface area contributed by atoms with Crippen LogP contribution in [0.5, 0.6) is 0 Å². The van der Waals surface area contributed by atoms with E-state index >= 15 is 0 Å². The van der Waals surface area contributed by atoms with E-state index in [4.69, 9.17) is 5.53 Å². The van der Waals surface area contributed by atoms with Crippen molar-refractivity contribution in [3.63, 3.8) is 0 Å². The van der Waals surface area contributed by atoms with Crippen LogP contribution in [-0.4, -0.2) is 26.8 Å². The number of carbonyl (C=O) groups is 1. The molecule has 2 aromatic rings. The summed E-state index contributed by atoms with van der Waals surface area (Å²) >= 11 is 0. The van der Waals surface area contributed by atoms with Gasteiger partial charge in [0, 0.05) is 24.1 Å². The molecule has 0 spiro atoms. The lowest BCUT2D eigenvalue weighted by Gasteiger charge is -2.05. The third kappa shape index (κ3) is 5.10. The third-order valence-electron chi connectivity index (χ3n) is 3.16. The predicted molar refractivity (Wildman–Crippen MR) is 77.0 cm³/mol. The fourth-order valence-corrected chi connectivity index (χ4v) is 2.00. The molecule has 1 aromatic carbocycles. The number of halogens is 3. The van der Waals surface area contributed by atoms with Crippen molar-refractivity contribution in [1.29, 1.82) is 5.53 Å². The van der Waals surface area contributed by atoms with Gasteiger partial charge < -0.3 is 0 Å². The number of hydrogen-bond acceptors (Lipinski definition) is 4. The highest BCUT2D eigenvalue weighted by Gasteiger charge is 2.25. The van der Waals surface area contributed by atoms with E-state index in [1.165, 1.54) is 23.1 Å². The smallest absolute Gasteiger partial charge is 0.259 e. The van der Waals surface area contributed by atoms with Crippen LogP contribution in [0.4, 0.5) is 13.2 Å². The van der Waals surface area contributed by atoms with Gasteiger partial charge in [0.05, 0.1) is 0 Å². The van der Waals surface area contributed by atoms with Crippen molar-refractivity contribution < 1.29 is 18.0 Å². The molecule has 1 N–H and O–H groups in total. The Bertz CT molecular complexity index is 747. The molecule has 24 heavy (non-hydrogen) atoms. The van der Waals surface area contributed by atoms with Crippen LogP contribution in [0, 0.1) is 5.53 Å². The SMILES string of the molecule is N=[N+]=NC(=O)c1ccc(-c2ncn(CCCCC(F)(F)F)n2)cc1. The largest absolute Gasteiger partial charge is 0.389 e. The molecule has 0 bridgehead atoms. The van der Waals surface area contributed by atoms with Gasteiger partial charge in [-0.05, 0) is 25.0 Å². The number of nitrogens with one attached hydrogen (secondary N) is 1. The van der Waals surface area contributed by atoms with Crippen molar-refractivity contribution in [3.8, 4) is 11.4 Å². The monoisotopic (exact) mass is 339 g/mol. The first-order valence-electron chi connectivity index (χ1n) is 7.07. The summed E-state index contributed by atoms with van der Waals surface area (Å²) in [6, 6.07) is 6.26. The number of alkyl halides is 3. The maximum absolute atomic E-state index is 12.1. The first-order chi connectivity index (χ1) is 11.4. The Hall–Kier alpha value is -2.87. The summed E-state index contributed by atoms with van der Waals surface area (Å²) in [5.41, 5.74) is 7.45. The van der Waals surface area contributed by atoms with Gasteiger partial charge in [-0.1, -0.05) is 12.1 Å². The molecule has 10 heteroatoms. The maximum atomic E-state index is 12.1. The number of aryl methyl sites for hydroxylation is 1. The standard InChI is InChI=1S/C14H14F3N6O/c15-14(16,17)7-1-2-8-23-9-19-12(21-23)10-3-5-11(6-4-10)13(24)20-22-18/h3-6,9,18H,1-2,7-8H2/q+1. The van der Waals surface area contributed by atoms with Crippen LogP contribution in [0.15, 0.2) is 35.7 Å². The van der Waals surface area contributed by atoms with E-state index in [1.54, 1.807) is 12.1 Å². The van der Waals surface area contributed by atoms with Gasteiger partial charge in [0.2, 0.25) is 10.0 Å². The molecule has 1 heterocycles. The highest BCUT2D eigenvalue weighted by molar-refractivity contribution is 5.94. The van der Waals surface area contributed by atoms with Gasteiger partial charge in [0.1, 0.15) is 11.9 Å². The highest BCUT2D eigenvalue weighted by atomic mass is 19.4. The molecule has 0 atom stereocenters. The highest BCUT2D eigenvalue weighted by Crippen LogP contribution is 2.22. The Balaban J connectivity index is 1.95. The lowest BCUT2D eigenvalue weighted by atomic mass is 10.1. The average molecular weight is 339 g/mol. The van der Waals surface area contributed by atoms with Gasteiger partial charge in [-0.15, -0.1) is 0 Å². The van der Waals surface area contributed by atoms with Crippen LogP contribution in [0.25, 0.3) is 11.4 Å². The molecular weight excluding hydrogens is 325 g/mol. The molecule has 0 saturated carbocycles. The average Bonchev–Trinajstić information content (AvgIpc) is 3.00. The summed E-state index contributed by atoms with van der Waals surface area (Å²) in [5.74, 6) is -0.216. The summed E-state index contributed by atoms with van der Waals surface area (Å²) < 4.78 is 37.7. The minimum atomic E-state index is -4.13. The molecule has 0 aliphatic heterocycles. The second-order valence-electron chi connectivity index (χ2n) is 4.99. The predicted octanol–water partition coefficient (Wildman–Crippen LogP) is 3.37. The molecule has 0 aliphatic rings. The Morgan fingerprint density at radius 2 is 1.96 bits per heavy atom. The van der Waals surface area contributed by atoms with Crippen LogP contribution >= 0.6 is 0 Å². The Morgan fingerprint density at radius 3 is 2.58 bits per heavy atom. The second kappa shape index (κ2) is 7.60. The maximum Gasteiger partial charge on any atom is 0.389 e. The summed E-state index contributed by atoms with van der Waals surface area (Å²) in [4.78, 5) is 18.2. The molecular formula is C14H14F3N6O+. The minimum Gasteiger partial charge on any atom is -0.259 e. The number of nitrogens with zero attached hydrogens (tertiary/aromatic N) is 5. The van der Waals surface area contributed by atoms with Crippen LogP contribution in [0.2, 0.25) is 0 Å². The van der Waals surface area contributed by atoms with Crippen LogP contribution < -0.4 is 4.91 Å². The molecule has 0 radical (unpaired) electrons. The molecule has 2 rings (SSSR count). The molecule has 0 unspecified atom stereocenters. The Kier molecular flexibility index (Phi) is 5.54. The topological polar surface area (TPSA) is 98.1 Å². The lowest BCUT2D eigenvalue weighted by molar-refractivity contribution is -0.135. The zero-order chi connectivity index (χ0) is 17.6. The molecule has 126 valence electrons. The van der Waals surface area contributed by atoms with Crippen LogP contribution in [0.3, 0.4) is 0 Å². The van der Waals surface area contributed by atoms with Crippen molar-refractivity contribution >= 4 is 5.91 Å². The minimum absolute atomic E-state index is 0.0417. The van der Waals surface area contributed by atoms with Crippen molar-refractivity contribution in [3.05, 3.63) is 36.2 Å². The van der Waals surface area contributed by atoms with E-state index in [9.17, 15) is 18.0 Å².